The van der Waals surface area contributed by atoms with Crippen LogP contribution in [0.1, 0.15) is 36.5 Å². The standard InChI is InChI=1S/C22H20O4/c1-15-8-7-11-17(14-15)18(13-12-16-9-5-4-6-10-16)19-20(23)25-22(2,3)26-21(19)24/h4-11,14,18-19H,1-3H3. The first kappa shape index (κ1) is 17.8. The molecule has 1 unspecified atom stereocenters. The molecular weight excluding hydrogens is 328 g/mol. The molecule has 2 aromatic carbocycles. The van der Waals surface area contributed by atoms with Gasteiger partial charge in [-0.1, -0.05) is 59.9 Å². The lowest BCUT2D eigenvalue weighted by Gasteiger charge is -2.34. The molecule has 0 saturated carbocycles. The van der Waals surface area contributed by atoms with E-state index in [4.69, 9.17) is 9.47 Å². The van der Waals surface area contributed by atoms with Crippen LogP contribution in [0.15, 0.2) is 54.6 Å². The van der Waals surface area contributed by atoms with Crippen molar-refractivity contribution >= 4 is 11.9 Å². The van der Waals surface area contributed by atoms with Gasteiger partial charge >= 0.3 is 11.9 Å². The lowest BCUT2D eigenvalue weighted by molar-refractivity contribution is -0.240. The van der Waals surface area contributed by atoms with Crippen molar-refractivity contribution in [3.63, 3.8) is 0 Å². The van der Waals surface area contributed by atoms with Crippen LogP contribution in [0.5, 0.6) is 0 Å². The molecule has 3 rings (SSSR count). The lowest BCUT2D eigenvalue weighted by Crippen LogP contribution is -2.48. The van der Waals surface area contributed by atoms with Crippen molar-refractivity contribution in [2.24, 2.45) is 5.92 Å². The van der Waals surface area contributed by atoms with E-state index in [9.17, 15) is 9.59 Å². The molecule has 132 valence electrons. The van der Waals surface area contributed by atoms with Crippen molar-refractivity contribution in [2.75, 3.05) is 0 Å². The molecule has 4 heteroatoms. The predicted octanol–water partition coefficient (Wildman–Crippen LogP) is 3.58. The van der Waals surface area contributed by atoms with Crippen molar-refractivity contribution < 1.29 is 19.1 Å². The minimum Gasteiger partial charge on any atom is -0.422 e. The highest BCUT2D eigenvalue weighted by Gasteiger charge is 2.47. The van der Waals surface area contributed by atoms with E-state index in [1.807, 2.05) is 61.5 Å². The zero-order valence-electron chi connectivity index (χ0n) is 15.0. The maximum Gasteiger partial charge on any atom is 0.325 e. The second-order valence-corrected chi connectivity index (χ2v) is 6.75. The van der Waals surface area contributed by atoms with Crippen molar-refractivity contribution in [1.82, 2.24) is 0 Å². The van der Waals surface area contributed by atoms with Gasteiger partial charge in [-0.3, -0.25) is 9.59 Å². The fourth-order valence-corrected chi connectivity index (χ4v) is 2.91. The number of carbonyl (C=O) groups excluding carboxylic acids is 2. The number of esters is 2. The van der Waals surface area contributed by atoms with Gasteiger partial charge in [0.05, 0.1) is 5.92 Å². The molecule has 0 radical (unpaired) electrons. The van der Waals surface area contributed by atoms with Gasteiger partial charge in [0.25, 0.3) is 5.79 Å². The van der Waals surface area contributed by atoms with E-state index in [1.165, 1.54) is 13.8 Å². The predicted molar refractivity (Wildman–Crippen MR) is 97.0 cm³/mol. The van der Waals surface area contributed by atoms with Gasteiger partial charge in [-0.05, 0) is 24.6 Å². The summed E-state index contributed by atoms with van der Waals surface area (Å²) in [6.07, 6.45) is 0. The van der Waals surface area contributed by atoms with E-state index in [0.29, 0.717) is 0 Å². The Hall–Kier alpha value is -3.06. The number of carbonyl (C=O) groups is 2. The molecule has 0 aliphatic carbocycles. The van der Waals surface area contributed by atoms with Crippen molar-refractivity contribution in [1.29, 1.82) is 0 Å². The van der Waals surface area contributed by atoms with E-state index in [1.54, 1.807) is 0 Å². The molecule has 0 amide bonds. The van der Waals surface area contributed by atoms with E-state index in [0.717, 1.165) is 16.7 Å². The molecule has 1 aliphatic heterocycles. The summed E-state index contributed by atoms with van der Waals surface area (Å²) in [7, 11) is 0. The van der Waals surface area contributed by atoms with E-state index in [-0.39, 0.29) is 0 Å². The van der Waals surface area contributed by atoms with Gasteiger partial charge in [0.1, 0.15) is 0 Å². The molecule has 1 fully saturated rings. The molecule has 0 spiro atoms. The zero-order chi connectivity index (χ0) is 18.7. The highest BCUT2D eigenvalue weighted by molar-refractivity contribution is 5.98. The molecular formula is C22H20O4. The quantitative estimate of drug-likeness (QED) is 0.473. The normalized spacial score (nSPS) is 17.5. The summed E-state index contributed by atoms with van der Waals surface area (Å²) in [4.78, 5) is 25.1. The van der Waals surface area contributed by atoms with Gasteiger partial charge in [-0.2, -0.15) is 0 Å². The van der Waals surface area contributed by atoms with Gasteiger partial charge < -0.3 is 9.47 Å². The molecule has 1 aliphatic rings. The summed E-state index contributed by atoms with van der Waals surface area (Å²) >= 11 is 0. The van der Waals surface area contributed by atoms with Gasteiger partial charge in [0, 0.05) is 19.4 Å². The van der Waals surface area contributed by atoms with Crippen molar-refractivity contribution in [3.05, 3.63) is 71.3 Å². The average Bonchev–Trinajstić information content (AvgIpc) is 2.57. The number of benzene rings is 2. The molecule has 4 nitrogen and oxygen atoms in total. The molecule has 2 aromatic rings. The van der Waals surface area contributed by atoms with Crippen LogP contribution in [0.3, 0.4) is 0 Å². The maximum atomic E-state index is 12.5. The maximum absolute atomic E-state index is 12.5. The minimum atomic E-state index is -1.26. The van der Waals surface area contributed by atoms with E-state index >= 15 is 0 Å². The topological polar surface area (TPSA) is 52.6 Å². The second kappa shape index (κ2) is 7.05. The monoisotopic (exact) mass is 348 g/mol. The summed E-state index contributed by atoms with van der Waals surface area (Å²) in [5.74, 6) is 1.91. The molecule has 0 bridgehead atoms. The number of aryl methyl sites for hydroxylation is 1. The third kappa shape index (κ3) is 3.94. The first-order valence-corrected chi connectivity index (χ1v) is 8.44. The van der Waals surface area contributed by atoms with Crippen molar-refractivity contribution in [2.45, 2.75) is 32.5 Å². The van der Waals surface area contributed by atoms with Crippen LogP contribution in [-0.2, 0) is 19.1 Å². The Labute approximate surface area is 153 Å². The first-order valence-electron chi connectivity index (χ1n) is 8.44. The Morgan fingerprint density at radius 3 is 2.23 bits per heavy atom. The first-order chi connectivity index (χ1) is 12.4. The molecule has 26 heavy (non-hydrogen) atoms. The van der Waals surface area contributed by atoms with Crippen LogP contribution in [0.25, 0.3) is 0 Å². The lowest BCUT2D eigenvalue weighted by atomic mass is 9.85. The van der Waals surface area contributed by atoms with Crippen LogP contribution in [0.2, 0.25) is 0 Å². The zero-order valence-corrected chi connectivity index (χ0v) is 15.0. The molecule has 1 saturated heterocycles. The van der Waals surface area contributed by atoms with Gasteiger partial charge in [0.2, 0.25) is 0 Å². The number of hydrogen-bond acceptors (Lipinski definition) is 4. The Bertz CT molecular complexity index is 867. The fraction of sp³-hybridized carbons (Fsp3) is 0.273. The average molecular weight is 348 g/mol. The Morgan fingerprint density at radius 1 is 0.962 bits per heavy atom. The summed E-state index contributed by atoms with van der Waals surface area (Å²) < 4.78 is 10.6. The smallest absolute Gasteiger partial charge is 0.325 e. The van der Waals surface area contributed by atoms with Crippen LogP contribution in [0, 0.1) is 24.7 Å². The summed E-state index contributed by atoms with van der Waals surface area (Å²) in [5, 5.41) is 0. The van der Waals surface area contributed by atoms with Gasteiger partial charge in [-0.25, -0.2) is 0 Å². The number of rotatable bonds is 2. The fourth-order valence-electron chi connectivity index (χ4n) is 2.91. The highest BCUT2D eigenvalue weighted by atomic mass is 16.7. The van der Waals surface area contributed by atoms with E-state index in [2.05, 4.69) is 11.8 Å². The van der Waals surface area contributed by atoms with E-state index < -0.39 is 29.6 Å². The molecule has 0 N–H and O–H groups in total. The third-order valence-electron chi connectivity index (χ3n) is 4.08. The van der Waals surface area contributed by atoms with Crippen LogP contribution >= 0.6 is 0 Å². The Morgan fingerprint density at radius 2 is 1.62 bits per heavy atom. The minimum absolute atomic E-state index is 0.611. The highest BCUT2D eigenvalue weighted by Crippen LogP contribution is 2.33. The Kier molecular flexibility index (Phi) is 4.81. The summed E-state index contributed by atoms with van der Waals surface area (Å²) in [6, 6.07) is 17.0. The Balaban J connectivity index is 2.02. The van der Waals surface area contributed by atoms with Crippen LogP contribution in [0.4, 0.5) is 0 Å². The largest absolute Gasteiger partial charge is 0.422 e. The summed E-state index contributed by atoms with van der Waals surface area (Å²) in [5.41, 5.74) is 2.61. The summed E-state index contributed by atoms with van der Waals surface area (Å²) in [6.45, 7) is 5.03. The molecule has 0 aromatic heterocycles. The number of ether oxygens (including phenoxy) is 2. The third-order valence-corrected chi connectivity index (χ3v) is 4.08. The van der Waals surface area contributed by atoms with Gasteiger partial charge in [-0.15, -0.1) is 0 Å². The number of cyclic esters (lactones) is 2. The molecule has 1 heterocycles. The van der Waals surface area contributed by atoms with Crippen LogP contribution < -0.4 is 0 Å². The second-order valence-electron chi connectivity index (χ2n) is 6.75. The SMILES string of the molecule is Cc1cccc(C(C#Cc2ccccc2)C2C(=O)OC(C)(C)OC2=O)c1. The number of hydrogen-bond donors (Lipinski definition) is 0. The van der Waals surface area contributed by atoms with Crippen LogP contribution in [-0.4, -0.2) is 17.7 Å². The molecule has 1 atom stereocenters. The van der Waals surface area contributed by atoms with Gasteiger partial charge in [0.15, 0.2) is 5.92 Å². The van der Waals surface area contributed by atoms with Crippen molar-refractivity contribution in [3.8, 4) is 11.8 Å².